The molecular formula is C11H13N3O2. The van der Waals surface area contributed by atoms with Crippen LogP contribution in [-0.2, 0) is 22.7 Å². The first-order valence-corrected chi connectivity index (χ1v) is 5.18. The zero-order chi connectivity index (χ0) is 11.5. The Morgan fingerprint density at radius 3 is 2.62 bits per heavy atom. The van der Waals surface area contributed by atoms with Gasteiger partial charge in [-0.05, 0) is 11.6 Å². The average molecular weight is 219 g/mol. The molecule has 2 amide bonds. The molecule has 0 unspecified atom stereocenters. The molecule has 2 rings (SSSR count). The summed E-state index contributed by atoms with van der Waals surface area (Å²) >= 11 is 0. The van der Waals surface area contributed by atoms with Crippen molar-refractivity contribution >= 4 is 11.8 Å². The Morgan fingerprint density at radius 2 is 2.00 bits per heavy atom. The average Bonchev–Trinajstić information content (AvgIpc) is 2.61. The zero-order valence-corrected chi connectivity index (χ0v) is 8.85. The van der Waals surface area contributed by atoms with E-state index in [2.05, 4.69) is 4.98 Å². The lowest BCUT2D eigenvalue weighted by molar-refractivity contribution is -0.139. The van der Waals surface area contributed by atoms with E-state index in [0.717, 1.165) is 11.3 Å². The molecule has 16 heavy (non-hydrogen) atoms. The number of hydrogen-bond acceptors (Lipinski definition) is 4. The predicted molar refractivity (Wildman–Crippen MR) is 56.9 cm³/mol. The second kappa shape index (κ2) is 4.40. The quantitative estimate of drug-likeness (QED) is 0.736. The number of rotatable bonds is 3. The Hall–Kier alpha value is -1.75. The van der Waals surface area contributed by atoms with Crippen LogP contribution in [-0.4, -0.2) is 21.7 Å². The highest BCUT2D eigenvalue weighted by Crippen LogP contribution is 2.16. The monoisotopic (exact) mass is 219 g/mol. The Bertz CT molecular complexity index is 415. The number of pyridine rings is 1. The molecule has 0 atom stereocenters. The van der Waals surface area contributed by atoms with Crippen LogP contribution in [0.25, 0.3) is 0 Å². The lowest BCUT2D eigenvalue weighted by Crippen LogP contribution is -2.29. The largest absolute Gasteiger partial charge is 0.325 e. The van der Waals surface area contributed by atoms with Crippen molar-refractivity contribution < 1.29 is 9.59 Å². The van der Waals surface area contributed by atoms with Gasteiger partial charge in [0.05, 0.1) is 12.2 Å². The number of nitrogens with two attached hydrogens (primary N) is 1. The number of nitrogens with zero attached hydrogens (tertiary/aromatic N) is 2. The molecule has 1 fully saturated rings. The second-order valence-electron chi connectivity index (χ2n) is 3.69. The normalized spacial score (nSPS) is 15.9. The van der Waals surface area contributed by atoms with Crippen LogP contribution in [0, 0.1) is 0 Å². The van der Waals surface area contributed by atoms with E-state index in [0.29, 0.717) is 19.4 Å². The number of carbonyl (C=O) groups excluding carboxylic acids is 2. The van der Waals surface area contributed by atoms with Gasteiger partial charge in [-0.3, -0.25) is 19.5 Å². The van der Waals surface area contributed by atoms with E-state index in [4.69, 9.17) is 5.73 Å². The van der Waals surface area contributed by atoms with Crippen molar-refractivity contribution in [1.29, 1.82) is 0 Å². The van der Waals surface area contributed by atoms with Crippen molar-refractivity contribution in [2.75, 3.05) is 0 Å². The Morgan fingerprint density at radius 1 is 1.31 bits per heavy atom. The highest BCUT2D eigenvalue weighted by Gasteiger charge is 2.29. The number of likely N-dealkylation sites (tertiary alicyclic amines) is 1. The highest BCUT2D eigenvalue weighted by molar-refractivity contribution is 6.01. The summed E-state index contributed by atoms with van der Waals surface area (Å²) in [6, 6.07) is 3.62. The summed E-state index contributed by atoms with van der Waals surface area (Å²) < 4.78 is 0. The summed E-state index contributed by atoms with van der Waals surface area (Å²) in [6.45, 7) is 0.602. The number of carbonyl (C=O) groups is 2. The van der Waals surface area contributed by atoms with E-state index in [9.17, 15) is 9.59 Å². The van der Waals surface area contributed by atoms with Crippen LogP contribution in [0.15, 0.2) is 18.3 Å². The van der Waals surface area contributed by atoms with Gasteiger partial charge >= 0.3 is 0 Å². The summed E-state index contributed by atoms with van der Waals surface area (Å²) in [7, 11) is 0. The minimum absolute atomic E-state index is 0.114. The summed E-state index contributed by atoms with van der Waals surface area (Å²) in [5.74, 6) is -0.228. The molecule has 0 aliphatic carbocycles. The van der Waals surface area contributed by atoms with Gasteiger partial charge in [-0.2, -0.15) is 0 Å². The maximum absolute atomic E-state index is 11.4. The maximum atomic E-state index is 11.4. The molecule has 5 nitrogen and oxygen atoms in total. The van der Waals surface area contributed by atoms with E-state index in [1.54, 1.807) is 12.3 Å². The van der Waals surface area contributed by atoms with Gasteiger partial charge in [-0.1, -0.05) is 6.07 Å². The lowest BCUT2D eigenvalue weighted by Gasteiger charge is -2.15. The maximum Gasteiger partial charge on any atom is 0.229 e. The highest BCUT2D eigenvalue weighted by atomic mass is 16.2. The molecular weight excluding hydrogens is 206 g/mol. The van der Waals surface area contributed by atoms with Crippen molar-refractivity contribution in [1.82, 2.24) is 9.88 Å². The molecule has 84 valence electrons. The Balaban J connectivity index is 2.20. The summed E-state index contributed by atoms with van der Waals surface area (Å²) in [5, 5.41) is 0. The van der Waals surface area contributed by atoms with Gasteiger partial charge in [0.1, 0.15) is 0 Å². The molecule has 1 aliphatic rings. The van der Waals surface area contributed by atoms with Crippen LogP contribution < -0.4 is 5.73 Å². The predicted octanol–water partition coefficient (Wildman–Crippen LogP) is 0.189. The molecule has 1 saturated heterocycles. The minimum Gasteiger partial charge on any atom is -0.325 e. The van der Waals surface area contributed by atoms with Gasteiger partial charge in [0.15, 0.2) is 0 Å². The molecule has 0 saturated carbocycles. The zero-order valence-electron chi connectivity index (χ0n) is 8.85. The van der Waals surface area contributed by atoms with Crippen LogP contribution in [0.2, 0.25) is 0 Å². The van der Waals surface area contributed by atoms with Crippen molar-refractivity contribution in [3.8, 4) is 0 Å². The lowest BCUT2D eigenvalue weighted by atomic mass is 10.2. The number of amides is 2. The molecule has 1 aliphatic heterocycles. The van der Waals surface area contributed by atoms with Crippen molar-refractivity contribution in [3.63, 3.8) is 0 Å². The van der Waals surface area contributed by atoms with E-state index in [1.807, 2.05) is 6.07 Å². The van der Waals surface area contributed by atoms with Gasteiger partial charge in [0.25, 0.3) is 0 Å². The molecule has 1 aromatic rings. The molecule has 0 aromatic carbocycles. The van der Waals surface area contributed by atoms with Gasteiger partial charge in [0.2, 0.25) is 11.8 Å². The molecule has 1 aromatic heterocycles. The number of hydrogen-bond donors (Lipinski definition) is 1. The van der Waals surface area contributed by atoms with Crippen LogP contribution in [0.1, 0.15) is 24.1 Å². The van der Waals surface area contributed by atoms with Crippen LogP contribution in [0.5, 0.6) is 0 Å². The van der Waals surface area contributed by atoms with E-state index in [1.165, 1.54) is 4.90 Å². The van der Waals surface area contributed by atoms with Gasteiger partial charge in [-0.15, -0.1) is 0 Å². The van der Waals surface area contributed by atoms with Crippen LogP contribution in [0.4, 0.5) is 0 Å². The van der Waals surface area contributed by atoms with Crippen LogP contribution in [0.3, 0.4) is 0 Å². The van der Waals surface area contributed by atoms with E-state index < -0.39 is 0 Å². The van der Waals surface area contributed by atoms with E-state index in [-0.39, 0.29) is 18.4 Å². The molecule has 0 bridgehead atoms. The third-order valence-corrected chi connectivity index (χ3v) is 2.66. The molecule has 5 heteroatoms. The molecule has 2 heterocycles. The standard InChI is InChI=1S/C11H13N3O2/c12-6-9-8(2-1-5-13-9)7-14-10(15)3-4-11(14)16/h1-2,5H,3-4,6-7,12H2. The van der Waals surface area contributed by atoms with Crippen LogP contribution >= 0.6 is 0 Å². The fourth-order valence-electron chi connectivity index (χ4n) is 1.77. The molecule has 0 spiro atoms. The summed E-state index contributed by atoms with van der Waals surface area (Å²) in [4.78, 5) is 28.3. The van der Waals surface area contributed by atoms with Crippen molar-refractivity contribution in [2.24, 2.45) is 5.73 Å². The van der Waals surface area contributed by atoms with Gasteiger partial charge in [0, 0.05) is 25.6 Å². The second-order valence-corrected chi connectivity index (χ2v) is 3.69. The Labute approximate surface area is 93.3 Å². The first kappa shape index (κ1) is 10.8. The third kappa shape index (κ3) is 1.94. The van der Waals surface area contributed by atoms with E-state index >= 15 is 0 Å². The SMILES string of the molecule is NCc1ncccc1CN1C(=O)CCC1=O. The fourth-order valence-corrected chi connectivity index (χ4v) is 1.77. The van der Waals surface area contributed by atoms with Crippen molar-refractivity contribution in [3.05, 3.63) is 29.6 Å². The molecule has 2 N–H and O–H groups in total. The minimum atomic E-state index is -0.114. The fraction of sp³-hybridized carbons (Fsp3) is 0.364. The van der Waals surface area contributed by atoms with Gasteiger partial charge in [-0.25, -0.2) is 0 Å². The number of aromatic nitrogens is 1. The number of imide groups is 1. The van der Waals surface area contributed by atoms with Crippen molar-refractivity contribution in [2.45, 2.75) is 25.9 Å². The Kier molecular flexibility index (Phi) is 2.96. The first-order valence-electron chi connectivity index (χ1n) is 5.18. The summed E-state index contributed by atoms with van der Waals surface area (Å²) in [5.41, 5.74) is 7.12. The van der Waals surface area contributed by atoms with Gasteiger partial charge < -0.3 is 5.73 Å². The summed E-state index contributed by atoms with van der Waals surface area (Å²) in [6.07, 6.45) is 2.29. The smallest absolute Gasteiger partial charge is 0.229 e. The third-order valence-electron chi connectivity index (χ3n) is 2.66. The first-order chi connectivity index (χ1) is 7.72. The molecule has 0 radical (unpaired) electrons. The topological polar surface area (TPSA) is 76.3 Å².